The molecule has 1 aliphatic heterocycles. The van der Waals surface area contributed by atoms with Crippen molar-refractivity contribution >= 4 is 23.1 Å². The molecule has 4 rings (SSSR count). The average Bonchev–Trinajstić information content (AvgIpc) is 2.80. The highest BCUT2D eigenvalue weighted by Gasteiger charge is 2.22. The van der Waals surface area contributed by atoms with Gasteiger partial charge in [-0.1, -0.05) is 19.9 Å². The van der Waals surface area contributed by atoms with E-state index in [0.717, 1.165) is 43.4 Å². The van der Waals surface area contributed by atoms with E-state index in [0.29, 0.717) is 11.5 Å². The van der Waals surface area contributed by atoms with Crippen molar-refractivity contribution in [2.75, 3.05) is 41.3 Å². The van der Waals surface area contributed by atoms with Gasteiger partial charge < -0.3 is 15.1 Å². The van der Waals surface area contributed by atoms with Gasteiger partial charge in [0.2, 0.25) is 0 Å². The summed E-state index contributed by atoms with van der Waals surface area (Å²) in [6.45, 7) is 7.69. The molecular weight excluding hydrogens is 378 g/mol. The van der Waals surface area contributed by atoms with Crippen LogP contribution >= 0.6 is 0 Å². The Balaban J connectivity index is 1.55. The fraction of sp³-hybridized carbons (Fsp3) is 0.318. The van der Waals surface area contributed by atoms with Crippen LogP contribution in [0.25, 0.3) is 0 Å². The van der Waals surface area contributed by atoms with Crippen molar-refractivity contribution in [1.29, 1.82) is 0 Å². The van der Waals surface area contributed by atoms with Gasteiger partial charge in [-0.15, -0.1) is 0 Å². The first kappa shape index (κ1) is 19.8. The lowest BCUT2D eigenvalue weighted by Crippen LogP contribution is -2.47. The molecule has 8 nitrogen and oxygen atoms in total. The molecule has 0 spiro atoms. The molecule has 154 valence electrons. The summed E-state index contributed by atoms with van der Waals surface area (Å²) in [6.07, 6.45) is 8.18. The molecule has 1 fully saturated rings. The molecule has 2 aromatic heterocycles. The van der Waals surface area contributed by atoms with Gasteiger partial charge in [-0.25, -0.2) is 4.98 Å². The van der Waals surface area contributed by atoms with Crippen LogP contribution in [0.1, 0.15) is 35.7 Å². The number of anilines is 3. The summed E-state index contributed by atoms with van der Waals surface area (Å²) in [5, 5.41) is 10.6. The predicted molar refractivity (Wildman–Crippen MR) is 117 cm³/mol. The van der Waals surface area contributed by atoms with Gasteiger partial charge >= 0.3 is 0 Å². The Morgan fingerprint density at radius 2 is 1.77 bits per heavy atom. The van der Waals surface area contributed by atoms with Crippen molar-refractivity contribution in [3.8, 4) is 0 Å². The van der Waals surface area contributed by atoms with E-state index in [1.807, 2.05) is 6.07 Å². The van der Waals surface area contributed by atoms with E-state index in [-0.39, 0.29) is 5.91 Å². The Morgan fingerprint density at radius 1 is 0.967 bits per heavy atom. The van der Waals surface area contributed by atoms with Crippen LogP contribution in [0.15, 0.2) is 55.2 Å². The second kappa shape index (κ2) is 8.86. The molecule has 0 radical (unpaired) electrons. The first-order chi connectivity index (χ1) is 14.6. The molecule has 3 aromatic rings. The number of nitrogens with one attached hydrogen (secondary N) is 1. The van der Waals surface area contributed by atoms with Crippen molar-refractivity contribution in [1.82, 2.24) is 20.2 Å². The molecule has 8 heteroatoms. The summed E-state index contributed by atoms with van der Waals surface area (Å²) in [5.41, 5.74) is 3.56. The number of rotatable bonds is 5. The van der Waals surface area contributed by atoms with E-state index in [9.17, 15) is 4.79 Å². The minimum Gasteiger partial charge on any atom is -0.366 e. The molecule has 0 saturated carbocycles. The highest BCUT2D eigenvalue weighted by molar-refractivity contribution is 6.05. The van der Waals surface area contributed by atoms with Gasteiger partial charge in [-0.2, -0.15) is 10.2 Å². The first-order valence-corrected chi connectivity index (χ1v) is 10.1. The summed E-state index contributed by atoms with van der Waals surface area (Å²) < 4.78 is 0. The van der Waals surface area contributed by atoms with Crippen LogP contribution in [0.3, 0.4) is 0 Å². The summed E-state index contributed by atoms with van der Waals surface area (Å²) in [5.74, 6) is 1.10. The van der Waals surface area contributed by atoms with Crippen molar-refractivity contribution in [3.05, 3.63) is 66.4 Å². The Hall–Kier alpha value is -3.55. The van der Waals surface area contributed by atoms with Gasteiger partial charge in [-0.05, 0) is 29.7 Å². The molecular formula is C22H25N7O. The van der Waals surface area contributed by atoms with Gasteiger partial charge in [0.15, 0.2) is 0 Å². The number of carbonyl (C=O) groups excluding carboxylic acids is 1. The van der Waals surface area contributed by atoms with Gasteiger partial charge in [0.05, 0.1) is 35.5 Å². The molecule has 0 bridgehead atoms. The normalized spacial score (nSPS) is 14.1. The van der Waals surface area contributed by atoms with E-state index >= 15 is 0 Å². The van der Waals surface area contributed by atoms with Gasteiger partial charge in [0, 0.05) is 38.6 Å². The second-order valence-corrected chi connectivity index (χ2v) is 7.55. The lowest BCUT2D eigenvalue weighted by Gasteiger charge is -2.37. The number of nitrogens with zero attached hydrogens (tertiary/aromatic N) is 6. The van der Waals surface area contributed by atoms with Crippen LogP contribution in [0.2, 0.25) is 0 Å². The van der Waals surface area contributed by atoms with E-state index in [4.69, 9.17) is 0 Å². The lowest BCUT2D eigenvalue weighted by atomic mass is 10.0. The smallest absolute Gasteiger partial charge is 0.257 e. The van der Waals surface area contributed by atoms with Crippen LogP contribution in [0, 0.1) is 0 Å². The third-order valence-electron chi connectivity index (χ3n) is 5.28. The maximum Gasteiger partial charge on any atom is 0.257 e. The Morgan fingerprint density at radius 3 is 2.43 bits per heavy atom. The maximum absolute atomic E-state index is 12.7. The molecule has 1 aliphatic rings. The highest BCUT2D eigenvalue weighted by Crippen LogP contribution is 2.31. The maximum atomic E-state index is 12.7. The standard InChI is InChI=1S/C22H25N7O/c1-16(2)17-3-4-19(27-22(30)18-5-6-25-26-14-18)20(13-17)28-9-11-29(12-10-28)21-15-23-7-8-24-21/h3-8,13-16H,9-12H2,1-2H3,(H,27,30). The first-order valence-electron chi connectivity index (χ1n) is 10.1. The zero-order valence-corrected chi connectivity index (χ0v) is 17.2. The minimum atomic E-state index is -0.193. The predicted octanol–water partition coefficient (Wildman–Crippen LogP) is 2.97. The summed E-state index contributed by atoms with van der Waals surface area (Å²) in [7, 11) is 0. The Kier molecular flexibility index (Phi) is 5.83. The van der Waals surface area contributed by atoms with Gasteiger partial charge in [-0.3, -0.25) is 9.78 Å². The van der Waals surface area contributed by atoms with E-state index in [1.165, 1.54) is 18.0 Å². The van der Waals surface area contributed by atoms with Gasteiger partial charge in [0.25, 0.3) is 5.91 Å². The summed E-state index contributed by atoms with van der Waals surface area (Å²) >= 11 is 0. The van der Waals surface area contributed by atoms with Crippen LogP contribution in [0.5, 0.6) is 0 Å². The number of hydrogen-bond acceptors (Lipinski definition) is 7. The highest BCUT2D eigenvalue weighted by atomic mass is 16.1. The number of amides is 1. The molecule has 1 N–H and O–H groups in total. The summed E-state index contributed by atoms with van der Waals surface area (Å²) in [6, 6.07) is 7.91. The van der Waals surface area contributed by atoms with Gasteiger partial charge in [0.1, 0.15) is 5.82 Å². The molecule has 0 atom stereocenters. The van der Waals surface area contributed by atoms with Crippen LogP contribution in [-0.4, -0.2) is 52.3 Å². The molecule has 1 aromatic carbocycles. The van der Waals surface area contributed by atoms with Crippen LogP contribution in [-0.2, 0) is 0 Å². The van der Waals surface area contributed by atoms with Crippen molar-refractivity contribution in [2.45, 2.75) is 19.8 Å². The topological polar surface area (TPSA) is 87.1 Å². The molecule has 0 aliphatic carbocycles. The number of aromatic nitrogens is 4. The monoisotopic (exact) mass is 403 g/mol. The van der Waals surface area contributed by atoms with Crippen LogP contribution in [0.4, 0.5) is 17.2 Å². The Bertz CT molecular complexity index is 987. The van der Waals surface area contributed by atoms with Crippen molar-refractivity contribution in [3.63, 3.8) is 0 Å². The van der Waals surface area contributed by atoms with Crippen molar-refractivity contribution < 1.29 is 4.79 Å². The van der Waals surface area contributed by atoms with Crippen LogP contribution < -0.4 is 15.1 Å². The molecule has 0 unspecified atom stereocenters. The van der Waals surface area contributed by atoms with E-state index in [1.54, 1.807) is 24.7 Å². The largest absolute Gasteiger partial charge is 0.366 e. The zero-order valence-electron chi connectivity index (χ0n) is 17.2. The number of piperazine rings is 1. The minimum absolute atomic E-state index is 0.193. The third-order valence-corrected chi connectivity index (χ3v) is 5.28. The van der Waals surface area contributed by atoms with E-state index < -0.39 is 0 Å². The fourth-order valence-electron chi connectivity index (χ4n) is 3.53. The lowest BCUT2D eigenvalue weighted by molar-refractivity contribution is 0.102. The quantitative estimate of drug-likeness (QED) is 0.701. The molecule has 30 heavy (non-hydrogen) atoms. The third kappa shape index (κ3) is 4.37. The number of carbonyl (C=O) groups is 1. The molecule has 1 amide bonds. The number of hydrogen-bond donors (Lipinski definition) is 1. The van der Waals surface area contributed by atoms with Crippen molar-refractivity contribution in [2.24, 2.45) is 0 Å². The second-order valence-electron chi connectivity index (χ2n) is 7.55. The average molecular weight is 403 g/mol. The molecule has 3 heterocycles. The summed E-state index contributed by atoms with van der Waals surface area (Å²) in [4.78, 5) is 25.8. The number of benzene rings is 1. The van der Waals surface area contributed by atoms with E-state index in [2.05, 4.69) is 61.3 Å². The molecule has 1 saturated heterocycles. The fourth-order valence-corrected chi connectivity index (χ4v) is 3.53. The SMILES string of the molecule is CC(C)c1ccc(NC(=O)c2ccnnc2)c(N2CCN(c3cnccn3)CC2)c1. The zero-order chi connectivity index (χ0) is 20.9. The Labute approximate surface area is 176 Å².